The number of carbonyl (C=O) groups excluding carboxylic acids is 1. The van der Waals surface area contributed by atoms with Crippen LogP contribution in [0, 0.1) is 0 Å². The van der Waals surface area contributed by atoms with Gasteiger partial charge in [0.15, 0.2) is 0 Å². The lowest BCUT2D eigenvalue weighted by Gasteiger charge is -2.24. The van der Waals surface area contributed by atoms with Crippen LogP contribution in [0.5, 0.6) is 0 Å². The first kappa shape index (κ1) is 15.8. The molecule has 0 N–H and O–H groups in total. The van der Waals surface area contributed by atoms with Gasteiger partial charge in [0.1, 0.15) is 0 Å². The topological polar surface area (TPSA) is 20.3 Å². The number of rotatable bonds is 6. The van der Waals surface area contributed by atoms with Gasteiger partial charge in [0, 0.05) is 13.1 Å². The Bertz CT molecular complexity index is 554. The minimum atomic E-state index is -0.156. The number of amides is 1. The van der Waals surface area contributed by atoms with Gasteiger partial charge in [0.25, 0.3) is 0 Å². The first-order valence-corrected chi connectivity index (χ1v) is 8.09. The van der Waals surface area contributed by atoms with E-state index in [1.54, 1.807) is 0 Å². The SMILES string of the molecule is CC(Br)C(=O)N(CCc1ccccc1)Cc1ccccc1. The summed E-state index contributed by atoms with van der Waals surface area (Å²) in [5.41, 5.74) is 2.41. The van der Waals surface area contributed by atoms with Gasteiger partial charge in [0.05, 0.1) is 4.83 Å². The van der Waals surface area contributed by atoms with Crippen LogP contribution in [0.15, 0.2) is 60.7 Å². The Morgan fingerprint density at radius 3 is 2.05 bits per heavy atom. The molecule has 0 aliphatic heterocycles. The molecule has 1 atom stereocenters. The maximum Gasteiger partial charge on any atom is 0.236 e. The Kier molecular flexibility index (Phi) is 6.00. The molecule has 110 valence electrons. The molecule has 3 heteroatoms. The van der Waals surface area contributed by atoms with Gasteiger partial charge in [-0.3, -0.25) is 4.79 Å². The summed E-state index contributed by atoms with van der Waals surface area (Å²) in [5, 5.41) is 0. The Hall–Kier alpha value is -1.61. The first-order chi connectivity index (χ1) is 10.2. The lowest BCUT2D eigenvalue weighted by Crippen LogP contribution is -2.36. The van der Waals surface area contributed by atoms with Crippen molar-refractivity contribution in [2.45, 2.75) is 24.7 Å². The van der Waals surface area contributed by atoms with E-state index in [1.807, 2.05) is 48.2 Å². The van der Waals surface area contributed by atoms with E-state index in [-0.39, 0.29) is 10.7 Å². The van der Waals surface area contributed by atoms with Crippen LogP contribution in [0.1, 0.15) is 18.1 Å². The molecule has 0 spiro atoms. The van der Waals surface area contributed by atoms with Crippen LogP contribution in [0.4, 0.5) is 0 Å². The molecule has 0 saturated heterocycles. The molecule has 0 fully saturated rings. The highest BCUT2D eigenvalue weighted by molar-refractivity contribution is 9.10. The van der Waals surface area contributed by atoms with E-state index in [4.69, 9.17) is 0 Å². The van der Waals surface area contributed by atoms with E-state index in [1.165, 1.54) is 5.56 Å². The van der Waals surface area contributed by atoms with Gasteiger partial charge in [-0.25, -0.2) is 0 Å². The summed E-state index contributed by atoms with van der Waals surface area (Å²) in [7, 11) is 0. The quantitative estimate of drug-likeness (QED) is 0.723. The van der Waals surface area contributed by atoms with Crippen molar-refractivity contribution in [2.24, 2.45) is 0 Å². The van der Waals surface area contributed by atoms with Crippen LogP contribution >= 0.6 is 15.9 Å². The van der Waals surface area contributed by atoms with Gasteiger partial charge in [-0.15, -0.1) is 0 Å². The highest BCUT2D eigenvalue weighted by Gasteiger charge is 2.18. The molecule has 1 unspecified atom stereocenters. The van der Waals surface area contributed by atoms with E-state index in [9.17, 15) is 4.79 Å². The van der Waals surface area contributed by atoms with Crippen molar-refractivity contribution >= 4 is 21.8 Å². The number of carbonyl (C=O) groups is 1. The third-order valence-corrected chi connectivity index (χ3v) is 3.77. The third kappa shape index (κ3) is 5.01. The molecule has 2 rings (SSSR count). The van der Waals surface area contributed by atoms with Crippen molar-refractivity contribution in [3.63, 3.8) is 0 Å². The molecule has 1 amide bonds. The molecular weight excluding hydrogens is 326 g/mol. The summed E-state index contributed by atoms with van der Waals surface area (Å²) in [6.45, 7) is 3.26. The van der Waals surface area contributed by atoms with Gasteiger partial charge in [0.2, 0.25) is 5.91 Å². The summed E-state index contributed by atoms with van der Waals surface area (Å²) in [6, 6.07) is 20.4. The van der Waals surface area contributed by atoms with Gasteiger partial charge in [-0.05, 0) is 24.5 Å². The minimum absolute atomic E-state index is 0.134. The number of alkyl halides is 1. The maximum atomic E-state index is 12.3. The van der Waals surface area contributed by atoms with Crippen molar-refractivity contribution in [3.05, 3.63) is 71.8 Å². The van der Waals surface area contributed by atoms with E-state index in [0.29, 0.717) is 6.54 Å². The molecule has 0 aliphatic carbocycles. The average Bonchev–Trinajstić information content (AvgIpc) is 2.52. The summed E-state index contributed by atoms with van der Waals surface area (Å²) >= 11 is 3.39. The number of benzene rings is 2. The fourth-order valence-electron chi connectivity index (χ4n) is 2.23. The predicted octanol–water partition coefficient (Wildman–Crippen LogP) is 4.04. The van der Waals surface area contributed by atoms with Gasteiger partial charge >= 0.3 is 0 Å². The van der Waals surface area contributed by atoms with E-state index in [0.717, 1.165) is 18.5 Å². The van der Waals surface area contributed by atoms with Crippen molar-refractivity contribution in [3.8, 4) is 0 Å². The molecule has 2 nitrogen and oxygen atoms in total. The summed E-state index contributed by atoms with van der Waals surface area (Å²) in [6.07, 6.45) is 0.874. The van der Waals surface area contributed by atoms with E-state index < -0.39 is 0 Å². The fourth-order valence-corrected chi connectivity index (χ4v) is 2.52. The molecule has 0 radical (unpaired) electrons. The lowest BCUT2D eigenvalue weighted by atomic mass is 10.1. The molecular formula is C18H20BrNO. The predicted molar refractivity (Wildman–Crippen MR) is 90.4 cm³/mol. The third-order valence-electron chi connectivity index (χ3n) is 3.38. The van der Waals surface area contributed by atoms with Gasteiger partial charge < -0.3 is 4.90 Å². The largest absolute Gasteiger partial charge is 0.337 e. The zero-order valence-corrected chi connectivity index (χ0v) is 13.8. The smallest absolute Gasteiger partial charge is 0.236 e. The zero-order valence-electron chi connectivity index (χ0n) is 12.2. The minimum Gasteiger partial charge on any atom is -0.337 e. The van der Waals surface area contributed by atoms with Crippen LogP contribution in [-0.2, 0) is 17.8 Å². The van der Waals surface area contributed by atoms with Crippen molar-refractivity contribution in [2.75, 3.05) is 6.54 Å². The van der Waals surface area contributed by atoms with E-state index in [2.05, 4.69) is 40.2 Å². The molecule has 0 heterocycles. The molecule has 0 saturated carbocycles. The van der Waals surface area contributed by atoms with Gasteiger partial charge in [-0.2, -0.15) is 0 Å². The number of halogens is 1. The highest BCUT2D eigenvalue weighted by atomic mass is 79.9. The number of hydrogen-bond acceptors (Lipinski definition) is 1. The molecule has 2 aromatic rings. The van der Waals surface area contributed by atoms with Crippen LogP contribution in [0.2, 0.25) is 0 Å². The Morgan fingerprint density at radius 1 is 1.00 bits per heavy atom. The van der Waals surface area contributed by atoms with Crippen LogP contribution in [0.3, 0.4) is 0 Å². The number of nitrogens with zero attached hydrogens (tertiary/aromatic N) is 1. The van der Waals surface area contributed by atoms with Crippen molar-refractivity contribution in [1.82, 2.24) is 4.90 Å². The normalized spacial score (nSPS) is 11.9. The monoisotopic (exact) mass is 345 g/mol. The summed E-state index contributed by atoms with van der Waals surface area (Å²) in [4.78, 5) is 14.1. The standard InChI is InChI=1S/C18H20BrNO/c1-15(19)18(21)20(14-17-10-6-3-7-11-17)13-12-16-8-4-2-5-9-16/h2-11,15H,12-14H2,1H3. The second-order valence-electron chi connectivity index (χ2n) is 5.10. The summed E-state index contributed by atoms with van der Waals surface area (Å²) < 4.78 is 0. The summed E-state index contributed by atoms with van der Waals surface area (Å²) in [5.74, 6) is 0.134. The highest BCUT2D eigenvalue weighted by Crippen LogP contribution is 2.11. The van der Waals surface area contributed by atoms with Crippen molar-refractivity contribution < 1.29 is 4.79 Å². The Labute approximate surface area is 134 Å². The second kappa shape index (κ2) is 7.99. The van der Waals surface area contributed by atoms with Crippen molar-refractivity contribution in [1.29, 1.82) is 0 Å². The molecule has 0 aromatic heterocycles. The lowest BCUT2D eigenvalue weighted by molar-refractivity contribution is -0.130. The fraction of sp³-hybridized carbons (Fsp3) is 0.278. The van der Waals surface area contributed by atoms with Crippen LogP contribution in [-0.4, -0.2) is 22.2 Å². The Balaban J connectivity index is 2.04. The molecule has 0 bridgehead atoms. The molecule has 2 aromatic carbocycles. The average molecular weight is 346 g/mol. The zero-order chi connectivity index (χ0) is 15.1. The van der Waals surface area contributed by atoms with Gasteiger partial charge in [-0.1, -0.05) is 76.6 Å². The van der Waals surface area contributed by atoms with E-state index >= 15 is 0 Å². The maximum absolute atomic E-state index is 12.3. The molecule has 0 aliphatic rings. The Morgan fingerprint density at radius 2 is 1.52 bits per heavy atom. The van der Waals surface area contributed by atoms with Crippen LogP contribution < -0.4 is 0 Å². The number of hydrogen-bond donors (Lipinski definition) is 0. The van der Waals surface area contributed by atoms with Crippen LogP contribution in [0.25, 0.3) is 0 Å². The second-order valence-corrected chi connectivity index (χ2v) is 6.47. The molecule has 21 heavy (non-hydrogen) atoms. The first-order valence-electron chi connectivity index (χ1n) is 7.17.